The van der Waals surface area contributed by atoms with Gasteiger partial charge < -0.3 is 18.6 Å². The first kappa shape index (κ1) is 19.5. The maximum Gasteiger partial charge on any atom is 0.379 e. The van der Waals surface area contributed by atoms with Gasteiger partial charge in [0.1, 0.15) is 0 Å². The van der Waals surface area contributed by atoms with Crippen molar-refractivity contribution in [3.63, 3.8) is 0 Å². The minimum Gasteiger partial charge on any atom is -0.493 e. The minimum absolute atomic E-state index is 0.0239. The number of aliphatic imine (C=N–C) groups is 1. The Morgan fingerprint density at radius 3 is 2.63 bits per heavy atom. The predicted molar refractivity (Wildman–Crippen MR) is 109 cm³/mol. The first-order valence-electron chi connectivity index (χ1n) is 8.76. The summed E-state index contributed by atoms with van der Waals surface area (Å²) < 4.78 is 20.8. The number of halogens is 1. The van der Waals surface area contributed by atoms with E-state index in [9.17, 15) is 9.59 Å². The lowest BCUT2D eigenvalue weighted by Gasteiger charge is -2.11. The van der Waals surface area contributed by atoms with Crippen LogP contribution in [0.3, 0.4) is 0 Å². The average molecular weight is 424 g/mol. The van der Waals surface area contributed by atoms with Crippen LogP contribution in [0.2, 0.25) is 5.02 Å². The first-order valence-corrected chi connectivity index (χ1v) is 9.14. The molecule has 0 fully saturated rings. The molecule has 1 aromatic heterocycles. The lowest BCUT2D eigenvalue weighted by atomic mass is 10.1. The van der Waals surface area contributed by atoms with Crippen molar-refractivity contribution in [2.24, 2.45) is 4.99 Å². The van der Waals surface area contributed by atoms with Crippen LogP contribution in [0.15, 0.2) is 76.0 Å². The Kier molecular flexibility index (Phi) is 5.36. The molecule has 30 heavy (non-hydrogen) atoms. The summed E-state index contributed by atoms with van der Waals surface area (Å²) in [5.41, 5.74) is 1.30. The van der Waals surface area contributed by atoms with Gasteiger partial charge in [0.25, 0.3) is 0 Å². The highest BCUT2D eigenvalue weighted by Gasteiger charge is 2.25. The van der Waals surface area contributed by atoms with Gasteiger partial charge in [-0.1, -0.05) is 29.8 Å². The molecule has 1 aliphatic heterocycles. The molecule has 0 radical (unpaired) electrons. The third-order valence-corrected chi connectivity index (χ3v) is 4.39. The largest absolute Gasteiger partial charge is 0.493 e. The molecule has 0 atom stereocenters. The van der Waals surface area contributed by atoms with E-state index in [0.717, 1.165) is 0 Å². The fourth-order valence-electron chi connectivity index (χ4n) is 2.73. The lowest BCUT2D eigenvalue weighted by Crippen LogP contribution is -2.08. The van der Waals surface area contributed by atoms with E-state index in [4.69, 9.17) is 30.2 Å². The number of hydrogen-bond donors (Lipinski definition) is 0. The third-order valence-electron chi connectivity index (χ3n) is 4.11. The monoisotopic (exact) mass is 423 g/mol. The fourth-order valence-corrected chi connectivity index (χ4v) is 2.99. The van der Waals surface area contributed by atoms with E-state index in [1.54, 1.807) is 24.3 Å². The molecule has 0 aliphatic carbocycles. The van der Waals surface area contributed by atoms with E-state index in [1.165, 1.54) is 31.6 Å². The fraction of sp³-hybridized carbons (Fsp3) is 0.0455. The standard InChI is InChI=1S/C22H14ClNO6/c1-27-18-12-13(10-15(23)19(18)29-22(26)17-8-5-9-28-17)11-16-21(25)30-20(24-16)14-6-3-2-4-7-14/h2-12H,1H3/b16-11+. The number of furan rings is 1. The maximum atomic E-state index is 12.2. The average Bonchev–Trinajstić information content (AvgIpc) is 3.41. The second-order valence-corrected chi connectivity index (χ2v) is 6.51. The molecule has 0 unspecified atom stereocenters. The van der Waals surface area contributed by atoms with Crippen LogP contribution in [0.25, 0.3) is 6.08 Å². The topological polar surface area (TPSA) is 87.3 Å². The van der Waals surface area contributed by atoms with E-state index in [0.29, 0.717) is 11.1 Å². The quantitative estimate of drug-likeness (QED) is 0.341. The van der Waals surface area contributed by atoms with E-state index >= 15 is 0 Å². The second-order valence-electron chi connectivity index (χ2n) is 6.10. The zero-order chi connectivity index (χ0) is 21.1. The number of rotatable bonds is 5. The zero-order valence-electron chi connectivity index (χ0n) is 15.6. The van der Waals surface area contributed by atoms with E-state index in [-0.39, 0.29) is 33.9 Å². The summed E-state index contributed by atoms with van der Waals surface area (Å²) in [6.07, 6.45) is 2.86. The predicted octanol–water partition coefficient (Wildman–Crippen LogP) is 4.51. The van der Waals surface area contributed by atoms with Crippen molar-refractivity contribution in [2.75, 3.05) is 7.11 Å². The van der Waals surface area contributed by atoms with Gasteiger partial charge in [-0.25, -0.2) is 14.6 Å². The second kappa shape index (κ2) is 8.26. The molecule has 4 rings (SSSR count). The van der Waals surface area contributed by atoms with Crippen molar-refractivity contribution in [2.45, 2.75) is 0 Å². The van der Waals surface area contributed by atoms with Gasteiger partial charge in [0, 0.05) is 5.56 Å². The Morgan fingerprint density at radius 2 is 1.93 bits per heavy atom. The van der Waals surface area contributed by atoms with Crippen molar-refractivity contribution < 1.29 is 28.2 Å². The van der Waals surface area contributed by atoms with Crippen molar-refractivity contribution in [3.05, 3.63) is 88.5 Å². The van der Waals surface area contributed by atoms with Gasteiger partial charge in [-0.05, 0) is 48.0 Å². The maximum absolute atomic E-state index is 12.2. The first-order chi connectivity index (χ1) is 14.5. The van der Waals surface area contributed by atoms with Crippen LogP contribution < -0.4 is 9.47 Å². The van der Waals surface area contributed by atoms with Crippen LogP contribution >= 0.6 is 11.6 Å². The van der Waals surface area contributed by atoms with Gasteiger partial charge in [-0.3, -0.25) is 0 Å². The molecular weight excluding hydrogens is 410 g/mol. The van der Waals surface area contributed by atoms with Gasteiger partial charge >= 0.3 is 11.9 Å². The van der Waals surface area contributed by atoms with Gasteiger partial charge in [0.05, 0.1) is 18.4 Å². The number of benzene rings is 2. The minimum atomic E-state index is -0.720. The number of carbonyl (C=O) groups excluding carboxylic acids is 2. The number of cyclic esters (lactones) is 1. The molecule has 3 aromatic rings. The van der Waals surface area contributed by atoms with E-state index in [2.05, 4.69) is 4.99 Å². The molecule has 0 amide bonds. The van der Waals surface area contributed by atoms with E-state index < -0.39 is 11.9 Å². The highest BCUT2D eigenvalue weighted by Crippen LogP contribution is 2.38. The number of carbonyl (C=O) groups is 2. The van der Waals surface area contributed by atoms with Crippen LogP contribution in [-0.2, 0) is 9.53 Å². The number of nitrogens with zero attached hydrogens (tertiary/aromatic N) is 1. The Morgan fingerprint density at radius 1 is 1.13 bits per heavy atom. The number of esters is 2. The summed E-state index contributed by atoms with van der Waals surface area (Å²) in [4.78, 5) is 28.6. The molecule has 150 valence electrons. The molecule has 0 N–H and O–H groups in total. The van der Waals surface area contributed by atoms with Crippen LogP contribution in [0.5, 0.6) is 11.5 Å². The highest BCUT2D eigenvalue weighted by atomic mass is 35.5. The van der Waals surface area contributed by atoms with Gasteiger partial charge in [0.15, 0.2) is 17.2 Å². The highest BCUT2D eigenvalue weighted by molar-refractivity contribution is 6.32. The van der Waals surface area contributed by atoms with Crippen LogP contribution in [0, 0.1) is 0 Å². The summed E-state index contributed by atoms with van der Waals surface area (Å²) in [6, 6.07) is 15.2. The molecule has 0 saturated heterocycles. The zero-order valence-corrected chi connectivity index (χ0v) is 16.4. The molecule has 0 bridgehead atoms. The van der Waals surface area contributed by atoms with Crippen LogP contribution in [-0.4, -0.2) is 24.9 Å². The van der Waals surface area contributed by atoms with Crippen molar-refractivity contribution in [3.8, 4) is 11.5 Å². The Bertz CT molecular complexity index is 1170. The van der Waals surface area contributed by atoms with Gasteiger partial charge in [-0.2, -0.15) is 0 Å². The number of methoxy groups -OCH3 is 1. The summed E-state index contributed by atoms with van der Waals surface area (Å²) >= 11 is 6.30. The third kappa shape index (κ3) is 3.97. The van der Waals surface area contributed by atoms with Crippen molar-refractivity contribution >= 4 is 35.5 Å². The van der Waals surface area contributed by atoms with Crippen molar-refractivity contribution in [1.29, 1.82) is 0 Å². The summed E-state index contributed by atoms with van der Waals surface area (Å²) in [6.45, 7) is 0. The van der Waals surface area contributed by atoms with Crippen LogP contribution in [0.1, 0.15) is 21.7 Å². The molecule has 7 nitrogen and oxygen atoms in total. The molecular formula is C22H14ClNO6. The molecule has 2 aromatic carbocycles. The van der Waals surface area contributed by atoms with Crippen molar-refractivity contribution in [1.82, 2.24) is 0 Å². The Labute approximate surface area is 176 Å². The number of hydrogen-bond acceptors (Lipinski definition) is 7. The smallest absolute Gasteiger partial charge is 0.379 e. The van der Waals surface area contributed by atoms with Gasteiger partial charge in [0.2, 0.25) is 11.7 Å². The van der Waals surface area contributed by atoms with Crippen LogP contribution in [0.4, 0.5) is 0 Å². The molecule has 1 aliphatic rings. The normalized spacial score (nSPS) is 14.4. The molecule has 0 saturated carbocycles. The summed E-state index contributed by atoms with van der Waals surface area (Å²) in [5.74, 6) is -0.831. The van der Waals surface area contributed by atoms with Gasteiger partial charge in [-0.15, -0.1) is 0 Å². The molecule has 8 heteroatoms. The Balaban J connectivity index is 1.64. The summed E-state index contributed by atoms with van der Waals surface area (Å²) in [5, 5.41) is 0.111. The van der Waals surface area contributed by atoms with E-state index in [1.807, 2.05) is 18.2 Å². The molecule has 2 heterocycles. The Hall–Kier alpha value is -3.84. The molecule has 0 spiro atoms. The summed E-state index contributed by atoms with van der Waals surface area (Å²) in [7, 11) is 1.41. The SMILES string of the molecule is COc1cc(/C=C2/N=C(c3ccccc3)OC2=O)cc(Cl)c1OC(=O)c1ccco1. The lowest BCUT2D eigenvalue weighted by molar-refractivity contribution is -0.129. The number of ether oxygens (including phenoxy) is 3.